The number of carbonyl (C=O) groups is 1. The number of benzene rings is 1. The molecular formula is C16H14FN3O2S. The van der Waals surface area contributed by atoms with E-state index < -0.39 is 0 Å². The highest BCUT2D eigenvalue weighted by Crippen LogP contribution is 2.28. The maximum Gasteiger partial charge on any atom is 0.259 e. The maximum absolute atomic E-state index is 12.9. The standard InChI is InChI=1S/C16H14FN3O2S/c1-2-13(15(21)19-11-7-5-10(17)6-8-11)23-16-20-14-12(22-16)4-3-9-18-14/h3-9,13H,2H2,1H3,(H,19,21). The van der Waals surface area contributed by atoms with Crippen LogP contribution in [-0.4, -0.2) is 21.1 Å². The summed E-state index contributed by atoms with van der Waals surface area (Å²) in [7, 11) is 0. The van der Waals surface area contributed by atoms with Crippen molar-refractivity contribution in [3.05, 3.63) is 48.4 Å². The van der Waals surface area contributed by atoms with E-state index in [9.17, 15) is 9.18 Å². The Kier molecular flexibility index (Phi) is 4.57. The Labute approximate surface area is 136 Å². The van der Waals surface area contributed by atoms with Crippen LogP contribution < -0.4 is 5.32 Å². The zero-order valence-corrected chi connectivity index (χ0v) is 13.1. The molecule has 3 aromatic rings. The van der Waals surface area contributed by atoms with Gasteiger partial charge in [0.25, 0.3) is 5.22 Å². The molecule has 7 heteroatoms. The molecular weight excluding hydrogens is 317 g/mol. The van der Waals surface area contributed by atoms with E-state index in [-0.39, 0.29) is 17.0 Å². The van der Waals surface area contributed by atoms with Crippen LogP contribution in [0, 0.1) is 5.82 Å². The Bertz CT molecular complexity index is 787. The van der Waals surface area contributed by atoms with Crippen molar-refractivity contribution >= 4 is 34.6 Å². The van der Waals surface area contributed by atoms with Crippen molar-refractivity contribution in [3.8, 4) is 0 Å². The van der Waals surface area contributed by atoms with Gasteiger partial charge in [0.15, 0.2) is 11.2 Å². The molecule has 23 heavy (non-hydrogen) atoms. The van der Waals surface area contributed by atoms with Crippen LogP contribution in [0.1, 0.15) is 13.3 Å². The van der Waals surface area contributed by atoms with Gasteiger partial charge in [0.2, 0.25) is 5.91 Å². The topological polar surface area (TPSA) is 68.0 Å². The van der Waals surface area contributed by atoms with Crippen LogP contribution in [-0.2, 0) is 4.79 Å². The summed E-state index contributed by atoms with van der Waals surface area (Å²) in [6.45, 7) is 1.91. The number of rotatable bonds is 5. The molecule has 3 rings (SSSR count). The van der Waals surface area contributed by atoms with Crippen molar-refractivity contribution in [2.24, 2.45) is 0 Å². The SMILES string of the molecule is CCC(Sc1nc2ncccc2o1)C(=O)Nc1ccc(F)cc1. The monoisotopic (exact) mass is 331 g/mol. The summed E-state index contributed by atoms with van der Waals surface area (Å²) in [6, 6.07) is 9.19. The smallest absolute Gasteiger partial charge is 0.259 e. The lowest BCUT2D eigenvalue weighted by molar-refractivity contribution is -0.115. The Morgan fingerprint density at radius 2 is 2.13 bits per heavy atom. The van der Waals surface area contributed by atoms with Gasteiger partial charge in [-0.05, 0) is 42.8 Å². The minimum absolute atomic E-state index is 0.181. The number of oxazole rings is 1. The third kappa shape index (κ3) is 3.68. The Balaban J connectivity index is 1.71. The van der Waals surface area contributed by atoms with E-state index in [1.54, 1.807) is 18.3 Å². The van der Waals surface area contributed by atoms with Crippen molar-refractivity contribution in [3.63, 3.8) is 0 Å². The fourth-order valence-corrected chi connectivity index (χ4v) is 2.85. The van der Waals surface area contributed by atoms with Gasteiger partial charge >= 0.3 is 0 Å². The molecule has 2 heterocycles. The zero-order chi connectivity index (χ0) is 16.2. The lowest BCUT2D eigenvalue weighted by atomic mass is 10.2. The quantitative estimate of drug-likeness (QED) is 0.719. The van der Waals surface area contributed by atoms with E-state index in [1.807, 2.05) is 6.92 Å². The lowest BCUT2D eigenvalue weighted by Crippen LogP contribution is -2.24. The average Bonchev–Trinajstić information content (AvgIpc) is 2.97. The molecule has 2 aromatic heterocycles. The highest BCUT2D eigenvalue weighted by atomic mass is 32.2. The number of aromatic nitrogens is 2. The highest BCUT2D eigenvalue weighted by molar-refractivity contribution is 8.00. The molecule has 0 bridgehead atoms. The van der Waals surface area contributed by atoms with Gasteiger partial charge in [0, 0.05) is 11.9 Å². The third-order valence-corrected chi connectivity index (χ3v) is 4.37. The molecule has 1 N–H and O–H groups in total. The number of thioether (sulfide) groups is 1. The van der Waals surface area contributed by atoms with Gasteiger partial charge in [0.05, 0.1) is 5.25 Å². The summed E-state index contributed by atoms with van der Waals surface area (Å²) in [6.07, 6.45) is 2.24. The van der Waals surface area contributed by atoms with Crippen molar-refractivity contribution in [1.82, 2.24) is 9.97 Å². The second-order valence-electron chi connectivity index (χ2n) is 4.82. The Morgan fingerprint density at radius 1 is 1.35 bits per heavy atom. The second kappa shape index (κ2) is 6.78. The highest BCUT2D eigenvalue weighted by Gasteiger charge is 2.21. The average molecular weight is 331 g/mol. The number of amides is 1. The molecule has 0 fully saturated rings. The first kappa shape index (κ1) is 15.5. The van der Waals surface area contributed by atoms with Crippen LogP contribution in [0.25, 0.3) is 11.2 Å². The molecule has 0 spiro atoms. The van der Waals surface area contributed by atoms with E-state index in [4.69, 9.17) is 4.42 Å². The number of nitrogens with zero attached hydrogens (tertiary/aromatic N) is 2. The largest absolute Gasteiger partial charge is 0.430 e. The van der Waals surface area contributed by atoms with Crippen molar-refractivity contribution in [1.29, 1.82) is 0 Å². The van der Waals surface area contributed by atoms with Crippen LogP contribution in [0.2, 0.25) is 0 Å². The van der Waals surface area contributed by atoms with Crippen LogP contribution >= 0.6 is 11.8 Å². The number of hydrogen-bond acceptors (Lipinski definition) is 5. The van der Waals surface area contributed by atoms with E-state index in [2.05, 4.69) is 15.3 Å². The van der Waals surface area contributed by atoms with Gasteiger partial charge < -0.3 is 9.73 Å². The number of anilines is 1. The molecule has 1 amide bonds. The number of halogens is 1. The minimum Gasteiger partial charge on any atom is -0.430 e. The van der Waals surface area contributed by atoms with Crippen LogP contribution in [0.3, 0.4) is 0 Å². The van der Waals surface area contributed by atoms with Gasteiger partial charge in [-0.2, -0.15) is 4.98 Å². The first-order valence-electron chi connectivity index (χ1n) is 7.10. The predicted molar refractivity (Wildman–Crippen MR) is 86.8 cm³/mol. The zero-order valence-electron chi connectivity index (χ0n) is 12.3. The lowest BCUT2D eigenvalue weighted by Gasteiger charge is -2.12. The van der Waals surface area contributed by atoms with Crippen LogP contribution in [0.4, 0.5) is 10.1 Å². The number of hydrogen-bond donors (Lipinski definition) is 1. The first-order chi connectivity index (χ1) is 11.2. The molecule has 0 saturated carbocycles. The van der Waals surface area contributed by atoms with Crippen LogP contribution in [0.5, 0.6) is 0 Å². The van der Waals surface area contributed by atoms with Crippen molar-refractivity contribution in [2.45, 2.75) is 23.8 Å². The summed E-state index contributed by atoms with van der Waals surface area (Å²) in [5.74, 6) is -0.525. The van der Waals surface area contributed by atoms with Gasteiger partial charge in [-0.1, -0.05) is 18.7 Å². The summed E-state index contributed by atoms with van der Waals surface area (Å²) >= 11 is 1.24. The summed E-state index contributed by atoms with van der Waals surface area (Å²) in [5, 5.41) is 2.80. The van der Waals surface area contributed by atoms with E-state index in [0.717, 1.165) is 0 Å². The fraction of sp³-hybridized carbons (Fsp3) is 0.188. The van der Waals surface area contributed by atoms with E-state index >= 15 is 0 Å². The molecule has 1 unspecified atom stereocenters. The third-order valence-electron chi connectivity index (χ3n) is 3.16. The molecule has 0 aliphatic carbocycles. The number of fused-ring (bicyclic) bond motifs is 1. The van der Waals surface area contributed by atoms with Crippen LogP contribution in [0.15, 0.2) is 52.2 Å². The molecule has 5 nitrogen and oxygen atoms in total. The molecule has 1 atom stereocenters. The number of carbonyl (C=O) groups excluding carboxylic acids is 1. The molecule has 1 aromatic carbocycles. The molecule has 118 valence electrons. The number of pyridine rings is 1. The fourth-order valence-electron chi connectivity index (χ4n) is 2.00. The van der Waals surface area contributed by atoms with Gasteiger partial charge in [-0.3, -0.25) is 4.79 Å². The molecule has 0 radical (unpaired) electrons. The normalized spacial score (nSPS) is 12.3. The van der Waals surface area contributed by atoms with Gasteiger partial charge in [-0.15, -0.1) is 0 Å². The van der Waals surface area contributed by atoms with E-state index in [1.165, 1.54) is 36.0 Å². The van der Waals surface area contributed by atoms with Gasteiger partial charge in [0.1, 0.15) is 5.82 Å². The van der Waals surface area contributed by atoms with Crippen molar-refractivity contribution < 1.29 is 13.6 Å². The van der Waals surface area contributed by atoms with Crippen molar-refractivity contribution in [2.75, 3.05) is 5.32 Å². The molecule has 0 aliphatic heterocycles. The van der Waals surface area contributed by atoms with Gasteiger partial charge in [-0.25, -0.2) is 9.37 Å². The minimum atomic E-state index is -0.367. The maximum atomic E-state index is 12.9. The number of nitrogens with one attached hydrogen (secondary N) is 1. The summed E-state index contributed by atoms with van der Waals surface area (Å²) < 4.78 is 18.5. The van der Waals surface area contributed by atoms with E-state index in [0.29, 0.717) is 28.6 Å². The summed E-state index contributed by atoms with van der Waals surface area (Å²) in [5.41, 5.74) is 1.65. The first-order valence-corrected chi connectivity index (χ1v) is 7.98. The Hall–Kier alpha value is -2.41. The Morgan fingerprint density at radius 3 is 2.83 bits per heavy atom. The second-order valence-corrected chi connectivity index (χ2v) is 5.97. The summed E-state index contributed by atoms with van der Waals surface area (Å²) in [4.78, 5) is 20.7. The molecule has 0 saturated heterocycles. The predicted octanol–water partition coefficient (Wildman–Crippen LogP) is 3.87. The molecule has 0 aliphatic rings.